The number of pyridine rings is 1. The van der Waals surface area contributed by atoms with Gasteiger partial charge in [-0.1, -0.05) is 24.3 Å². The first kappa shape index (κ1) is 16.6. The molecule has 0 unspecified atom stereocenters. The Bertz CT molecular complexity index is 983. The summed E-state index contributed by atoms with van der Waals surface area (Å²) in [5.41, 5.74) is -0.0797. The van der Waals surface area contributed by atoms with E-state index in [0.29, 0.717) is 5.56 Å². The Hall–Kier alpha value is -3.28. The molecule has 1 N–H and O–H groups in total. The van der Waals surface area contributed by atoms with E-state index in [9.17, 15) is 18.4 Å². The molecule has 0 radical (unpaired) electrons. The molecule has 0 aliphatic rings. The Morgan fingerprint density at radius 2 is 1.80 bits per heavy atom. The van der Waals surface area contributed by atoms with Crippen LogP contribution in [0.4, 0.5) is 14.5 Å². The molecule has 6 heteroatoms. The lowest BCUT2D eigenvalue weighted by Crippen LogP contribution is -2.29. The number of para-hydroxylation sites is 1. The molecule has 0 aliphatic heterocycles. The fourth-order valence-corrected chi connectivity index (χ4v) is 2.42. The van der Waals surface area contributed by atoms with Gasteiger partial charge in [0.2, 0.25) is 0 Å². The van der Waals surface area contributed by atoms with E-state index in [1.165, 1.54) is 53.2 Å². The molecule has 1 heterocycles. The van der Waals surface area contributed by atoms with Gasteiger partial charge in [-0.3, -0.25) is 9.59 Å². The minimum atomic E-state index is -0.705. The first-order valence-electron chi connectivity index (χ1n) is 7.54. The van der Waals surface area contributed by atoms with Crippen molar-refractivity contribution >= 4 is 11.6 Å². The fourth-order valence-electron chi connectivity index (χ4n) is 2.42. The third-order valence-electron chi connectivity index (χ3n) is 3.63. The SMILES string of the molecule is O=C(Nc1ccccc1F)c1cccn(Cc2cccc(F)c2)c1=O. The molecule has 4 nitrogen and oxygen atoms in total. The maximum absolute atomic E-state index is 13.6. The average molecular weight is 340 g/mol. The van der Waals surface area contributed by atoms with Gasteiger partial charge in [-0.2, -0.15) is 0 Å². The lowest BCUT2D eigenvalue weighted by atomic mass is 10.2. The number of benzene rings is 2. The second-order valence-corrected chi connectivity index (χ2v) is 5.42. The van der Waals surface area contributed by atoms with Gasteiger partial charge in [-0.15, -0.1) is 0 Å². The molecule has 3 rings (SSSR count). The van der Waals surface area contributed by atoms with Gasteiger partial charge in [0.25, 0.3) is 11.5 Å². The number of hydrogen-bond donors (Lipinski definition) is 1. The van der Waals surface area contributed by atoms with Crippen molar-refractivity contribution in [3.8, 4) is 0 Å². The zero-order chi connectivity index (χ0) is 17.8. The van der Waals surface area contributed by atoms with E-state index in [2.05, 4.69) is 5.32 Å². The van der Waals surface area contributed by atoms with Crippen LogP contribution in [0.1, 0.15) is 15.9 Å². The second-order valence-electron chi connectivity index (χ2n) is 5.42. The highest BCUT2D eigenvalue weighted by Gasteiger charge is 2.14. The number of carbonyl (C=O) groups excluding carboxylic acids is 1. The van der Waals surface area contributed by atoms with Crippen LogP contribution in [0.25, 0.3) is 0 Å². The van der Waals surface area contributed by atoms with Crippen molar-refractivity contribution in [1.29, 1.82) is 0 Å². The minimum absolute atomic E-state index is 0.00701. The number of hydrogen-bond acceptors (Lipinski definition) is 2. The number of amides is 1. The van der Waals surface area contributed by atoms with Gasteiger partial charge in [-0.05, 0) is 42.0 Å². The molecule has 0 spiro atoms. The molecule has 0 aliphatic carbocycles. The van der Waals surface area contributed by atoms with Crippen LogP contribution in [0.15, 0.2) is 71.7 Å². The van der Waals surface area contributed by atoms with Crippen molar-refractivity contribution in [2.75, 3.05) is 5.32 Å². The van der Waals surface area contributed by atoms with Crippen LogP contribution in [0, 0.1) is 11.6 Å². The topological polar surface area (TPSA) is 51.1 Å². The molecular formula is C19H14F2N2O2. The summed E-state index contributed by atoms with van der Waals surface area (Å²) in [5.74, 6) is -1.70. The summed E-state index contributed by atoms with van der Waals surface area (Å²) in [5, 5.41) is 2.38. The van der Waals surface area contributed by atoms with Crippen molar-refractivity contribution in [2.45, 2.75) is 6.54 Å². The molecule has 0 saturated carbocycles. The minimum Gasteiger partial charge on any atom is -0.319 e. The molecule has 2 aromatic carbocycles. The Balaban J connectivity index is 1.87. The van der Waals surface area contributed by atoms with E-state index in [1.54, 1.807) is 18.2 Å². The van der Waals surface area contributed by atoms with Gasteiger partial charge < -0.3 is 9.88 Å². The predicted molar refractivity (Wildman–Crippen MR) is 90.6 cm³/mol. The molecule has 0 bridgehead atoms. The molecule has 0 saturated heterocycles. The number of aromatic nitrogens is 1. The van der Waals surface area contributed by atoms with Crippen LogP contribution < -0.4 is 10.9 Å². The highest BCUT2D eigenvalue weighted by atomic mass is 19.1. The quantitative estimate of drug-likeness (QED) is 0.791. The fraction of sp³-hybridized carbons (Fsp3) is 0.0526. The Morgan fingerprint density at radius 3 is 2.56 bits per heavy atom. The number of nitrogens with one attached hydrogen (secondary N) is 1. The third-order valence-corrected chi connectivity index (χ3v) is 3.63. The summed E-state index contributed by atoms with van der Waals surface area (Å²) in [6.45, 7) is 0.122. The van der Waals surface area contributed by atoms with Gasteiger partial charge >= 0.3 is 0 Å². The van der Waals surface area contributed by atoms with Crippen molar-refractivity contribution in [3.05, 3.63) is 100.0 Å². The van der Waals surface area contributed by atoms with Crippen LogP contribution in [-0.2, 0) is 6.54 Å². The standard InChI is InChI=1S/C19H14F2N2O2/c20-14-6-3-5-13(11-14)12-23-10-4-7-15(19(23)25)18(24)22-17-9-2-1-8-16(17)21/h1-11H,12H2,(H,22,24). The van der Waals surface area contributed by atoms with Gasteiger partial charge in [0.15, 0.2) is 0 Å². The predicted octanol–water partition coefficient (Wildman–Crippen LogP) is 3.43. The summed E-state index contributed by atoms with van der Waals surface area (Å²) in [6.07, 6.45) is 1.51. The zero-order valence-corrected chi connectivity index (χ0v) is 13.1. The van der Waals surface area contributed by atoms with Crippen LogP contribution in [0.3, 0.4) is 0 Å². The lowest BCUT2D eigenvalue weighted by molar-refractivity contribution is 0.102. The normalized spacial score (nSPS) is 10.5. The monoisotopic (exact) mass is 340 g/mol. The molecule has 0 atom stereocenters. The van der Waals surface area contributed by atoms with Crippen molar-refractivity contribution in [1.82, 2.24) is 4.57 Å². The molecular weight excluding hydrogens is 326 g/mol. The average Bonchev–Trinajstić information content (AvgIpc) is 2.59. The largest absolute Gasteiger partial charge is 0.319 e. The first-order valence-corrected chi connectivity index (χ1v) is 7.54. The van der Waals surface area contributed by atoms with E-state index in [0.717, 1.165) is 0 Å². The summed E-state index contributed by atoms with van der Waals surface area (Å²) >= 11 is 0. The Morgan fingerprint density at radius 1 is 1.00 bits per heavy atom. The molecule has 1 amide bonds. The van der Waals surface area contributed by atoms with E-state index in [4.69, 9.17) is 0 Å². The van der Waals surface area contributed by atoms with E-state index >= 15 is 0 Å². The van der Waals surface area contributed by atoms with Gasteiger partial charge in [0.1, 0.15) is 17.2 Å². The van der Waals surface area contributed by atoms with E-state index in [-0.39, 0.29) is 17.8 Å². The van der Waals surface area contributed by atoms with Gasteiger partial charge in [0, 0.05) is 6.20 Å². The molecule has 1 aromatic heterocycles. The van der Waals surface area contributed by atoms with Crippen molar-refractivity contribution in [3.63, 3.8) is 0 Å². The lowest BCUT2D eigenvalue weighted by Gasteiger charge is -2.09. The number of halogens is 2. The van der Waals surface area contributed by atoms with Crippen LogP contribution in [-0.4, -0.2) is 10.5 Å². The number of nitrogens with zero attached hydrogens (tertiary/aromatic N) is 1. The Kier molecular flexibility index (Phi) is 4.70. The van der Waals surface area contributed by atoms with Gasteiger partial charge in [0.05, 0.1) is 12.2 Å². The molecule has 126 valence electrons. The maximum Gasteiger partial charge on any atom is 0.263 e. The van der Waals surface area contributed by atoms with Crippen LogP contribution in [0.2, 0.25) is 0 Å². The highest BCUT2D eigenvalue weighted by Crippen LogP contribution is 2.13. The van der Waals surface area contributed by atoms with Crippen molar-refractivity contribution < 1.29 is 13.6 Å². The maximum atomic E-state index is 13.6. The van der Waals surface area contributed by atoms with Crippen LogP contribution >= 0.6 is 0 Å². The summed E-state index contributed by atoms with van der Waals surface area (Å²) in [7, 11) is 0. The van der Waals surface area contributed by atoms with Crippen LogP contribution in [0.5, 0.6) is 0 Å². The molecule has 25 heavy (non-hydrogen) atoms. The Labute approximate surface area is 142 Å². The van der Waals surface area contributed by atoms with E-state index < -0.39 is 23.1 Å². The zero-order valence-electron chi connectivity index (χ0n) is 13.1. The van der Waals surface area contributed by atoms with E-state index in [1.807, 2.05) is 0 Å². The second kappa shape index (κ2) is 7.09. The number of rotatable bonds is 4. The first-order chi connectivity index (χ1) is 12.0. The number of carbonyl (C=O) groups is 1. The molecule has 0 fully saturated rings. The summed E-state index contributed by atoms with van der Waals surface area (Å²) in [6, 6.07) is 14.4. The third kappa shape index (κ3) is 3.80. The highest BCUT2D eigenvalue weighted by molar-refractivity contribution is 6.04. The summed E-state index contributed by atoms with van der Waals surface area (Å²) in [4.78, 5) is 24.8. The smallest absolute Gasteiger partial charge is 0.263 e. The molecule has 3 aromatic rings. The van der Waals surface area contributed by atoms with Gasteiger partial charge in [-0.25, -0.2) is 8.78 Å². The summed E-state index contributed by atoms with van der Waals surface area (Å²) < 4.78 is 28.2. The van der Waals surface area contributed by atoms with Crippen molar-refractivity contribution in [2.24, 2.45) is 0 Å². The number of anilines is 1.